The lowest BCUT2D eigenvalue weighted by molar-refractivity contribution is -0.233. The molecule has 0 radical (unpaired) electrons. The van der Waals surface area contributed by atoms with E-state index < -0.39 is 11.5 Å². The summed E-state index contributed by atoms with van der Waals surface area (Å²) in [6.07, 6.45) is 10.8. The number of rotatable bonds is 6. The number of allylic oxidation sites excluding steroid dienone is 1. The van der Waals surface area contributed by atoms with E-state index in [2.05, 4.69) is 67.3 Å². The van der Waals surface area contributed by atoms with Crippen molar-refractivity contribution in [1.29, 1.82) is 0 Å². The number of esters is 1. The number of Topliss-reactive ketones (excluding diaryl/α,β-unsaturated/α-hetero) is 1. The Labute approximate surface area is 255 Å². The molecule has 5 nitrogen and oxygen atoms in total. The second kappa shape index (κ2) is 10.5. The molecule has 1 amide bonds. The summed E-state index contributed by atoms with van der Waals surface area (Å²) in [5, 5.41) is 3.25. The van der Waals surface area contributed by atoms with E-state index in [9.17, 15) is 14.4 Å². The molecule has 5 rings (SSSR count). The van der Waals surface area contributed by atoms with Gasteiger partial charge in [0.15, 0.2) is 0 Å². The predicted molar refractivity (Wildman–Crippen MR) is 167 cm³/mol. The molecule has 236 valence electrons. The third-order valence-electron chi connectivity index (χ3n) is 14.8. The highest BCUT2D eigenvalue weighted by Gasteiger charge is 2.72. The van der Waals surface area contributed by atoms with Gasteiger partial charge in [0.2, 0.25) is 5.91 Å². The summed E-state index contributed by atoms with van der Waals surface area (Å²) in [4.78, 5) is 40.3. The van der Waals surface area contributed by atoms with E-state index in [4.69, 9.17) is 4.74 Å². The fraction of sp³-hybridized carbons (Fsp3) is 0.865. The number of ether oxygens (including phenoxy) is 1. The van der Waals surface area contributed by atoms with Crippen molar-refractivity contribution < 1.29 is 19.1 Å². The minimum absolute atomic E-state index is 0.0739. The summed E-state index contributed by atoms with van der Waals surface area (Å²) >= 11 is 0. The molecule has 5 aliphatic carbocycles. The number of carbonyl (C=O) groups excluding carboxylic acids is 3. The van der Waals surface area contributed by atoms with Gasteiger partial charge in [0.1, 0.15) is 11.8 Å². The number of nitrogens with one attached hydrogen (secondary N) is 1. The van der Waals surface area contributed by atoms with Gasteiger partial charge in [-0.1, -0.05) is 60.6 Å². The molecule has 1 N–H and O–H groups in total. The summed E-state index contributed by atoms with van der Waals surface area (Å²) in [6, 6.07) is -0.601. The highest BCUT2D eigenvalue weighted by atomic mass is 16.5. The minimum Gasteiger partial charge on any atom is -0.467 e. The van der Waals surface area contributed by atoms with Crippen molar-refractivity contribution in [1.82, 2.24) is 5.32 Å². The summed E-state index contributed by atoms with van der Waals surface area (Å²) < 4.78 is 5.13. The van der Waals surface area contributed by atoms with Crippen LogP contribution in [0.3, 0.4) is 0 Å². The van der Waals surface area contributed by atoms with Gasteiger partial charge in [0, 0.05) is 11.8 Å². The minimum atomic E-state index is -0.601. The van der Waals surface area contributed by atoms with E-state index in [0.29, 0.717) is 42.3 Å². The summed E-state index contributed by atoms with van der Waals surface area (Å²) in [5.41, 5.74) is 0.991. The van der Waals surface area contributed by atoms with E-state index in [0.717, 1.165) is 44.9 Å². The number of ketones is 1. The highest BCUT2D eigenvalue weighted by Crippen LogP contribution is 2.77. The van der Waals surface area contributed by atoms with Gasteiger partial charge in [-0.05, 0) is 123 Å². The standard InChI is InChI=1S/C37H59NO4/c1-22(2)21-26(31(40)42-10)38-32(41)37-18-13-24(23(3)4)30(37)25-11-12-28-34(7)16-15-29(39)33(5,6)27(34)14-17-36(28,9)35(25,8)19-20-37/h22,24-28,30H,3,11-21H2,1-2,4-10H3,(H,38,41)/t24-,25?,26-,27?,28?,30?,34-,35-,36+,37-/m0/s1. The first kappa shape index (κ1) is 31.8. The Kier molecular flexibility index (Phi) is 7.92. The number of hydrogen-bond acceptors (Lipinski definition) is 4. The highest BCUT2D eigenvalue weighted by molar-refractivity contribution is 5.89. The van der Waals surface area contributed by atoms with E-state index in [1.165, 1.54) is 25.5 Å². The van der Waals surface area contributed by atoms with Crippen molar-refractivity contribution >= 4 is 17.7 Å². The molecule has 0 aromatic carbocycles. The Morgan fingerprint density at radius 3 is 2.24 bits per heavy atom. The fourth-order valence-electron chi connectivity index (χ4n) is 12.5. The average Bonchev–Trinajstić information content (AvgIpc) is 3.32. The molecule has 0 bridgehead atoms. The lowest BCUT2D eigenvalue weighted by Crippen LogP contribution is -2.67. The number of carbonyl (C=O) groups is 3. The third-order valence-corrected chi connectivity index (χ3v) is 14.8. The first-order valence-electron chi connectivity index (χ1n) is 17.1. The van der Waals surface area contributed by atoms with E-state index in [1.807, 2.05) is 0 Å². The van der Waals surface area contributed by atoms with Gasteiger partial charge in [-0.15, -0.1) is 0 Å². The zero-order valence-electron chi connectivity index (χ0n) is 28.2. The Bertz CT molecular complexity index is 1140. The lowest BCUT2D eigenvalue weighted by Gasteiger charge is -2.72. The molecule has 0 heterocycles. The van der Waals surface area contributed by atoms with Crippen LogP contribution in [0, 0.1) is 62.6 Å². The van der Waals surface area contributed by atoms with Crippen molar-refractivity contribution in [3.05, 3.63) is 12.2 Å². The molecule has 5 heteroatoms. The summed E-state index contributed by atoms with van der Waals surface area (Å²) in [7, 11) is 1.42. The maximum atomic E-state index is 14.5. The molecule has 4 unspecified atom stereocenters. The quantitative estimate of drug-likeness (QED) is 0.255. The van der Waals surface area contributed by atoms with Crippen LogP contribution in [0.5, 0.6) is 0 Å². The van der Waals surface area contributed by atoms with Crippen LogP contribution in [0.4, 0.5) is 0 Å². The molecular weight excluding hydrogens is 522 g/mol. The molecule has 0 spiro atoms. The van der Waals surface area contributed by atoms with Gasteiger partial charge in [-0.2, -0.15) is 0 Å². The smallest absolute Gasteiger partial charge is 0.328 e. The SMILES string of the molecule is C=C(C)[C@@H]1CC[C@]2(C(=O)N[C@@H](CC(C)C)C(=O)OC)CC[C@@]3(C)C(CCC4[C@@]5(C)CCC(=O)C(C)(C)C5CC[C@]43C)C12. The normalized spacial score (nSPS) is 44.7. The topological polar surface area (TPSA) is 72.5 Å². The zero-order valence-corrected chi connectivity index (χ0v) is 28.2. The molecule has 0 aromatic heterocycles. The molecule has 0 saturated heterocycles. The zero-order chi connectivity index (χ0) is 31.0. The molecule has 0 aromatic rings. The van der Waals surface area contributed by atoms with Crippen LogP contribution in [-0.4, -0.2) is 30.8 Å². The van der Waals surface area contributed by atoms with Crippen molar-refractivity contribution in [3.63, 3.8) is 0 Å². The van der Waals surface area contributed by atoms with Crippen LogP contribution in [0.15, 0.2) is 12.2 Å². The van der Waals surface area contributed by atoms with Crippen molar-refractivity contribution in [2.75, 3.05) is 7.11 Å². The predicted octanol–water partition coefficient (Wildman–Crippen LogP) is 7.92. The lowest BCUT2D eigenvalue weighted by atomic mass is 9.32. The van der Waals surface area contributed by atoms with Crippen molar-refractivity contribution in [2.45, 2.75) is 132 Å². The Morgan fingerprint density at radius 1 is 0.929 bits per heavy atom. The molecule has 5 fully saturated rings. The Morgan fingerprint density at radius 2 is 1.62 bits per heavy atom. The van der Waals surface area contributed by atoms with Crippen LogP contribution >= 0.6 is 0 Å². The van der Waals surface area contributed by atoms with Gasteiger partial charge >= 0.3 is 5.97 Å². The molecule has 42 heavy (non-hydrogen) atoms. The van der Waals surface area contributed by atoms with E-state index in [1.54, 1.807) is 0 Å². The van der Waals surface area contributed by atoms with E-state index in [-0.39, 0.29) is 45.4 Å². The van der Waals surface area contributed by atoms with Crippen LogP contribution < -0.4 is 5.32 Å². The van der Waals surface area contributed by atoms with Crippen LogP contribution in [0.25, 0.3) is 0 Å². The molecular formula is C37H59NO4. The third kappa shape index (κ3) is 4.31. The molecule has 5 aliphatic rings. The van der Waals surface area contributed by atoms with Crippen LogP contribution in [0.1, 0.15) is 126 Å². The second-order valence-electron chi connectivity index (χ2n) is 17.2. The number of fused-ring (bicyclic) bond motifs is 7. The van der Waals surface area contributed by atoms with E-state index >= 15 is 0 Å². The molecule has 0 aliphatic heterocycles. The first-order chi connectivity index (χ1) is 19.5. The number of hydrogen-bond donors (Lipinski definition) is 1. The van der Waals surface area contributed by atoms with Crippen molar-refractivity contribution in [3.8, 4) is 0 Å². The Hall–Kier alpha value is -1.65. The van der Waals surface area contributed by atoms with Crippen molar-refractivity contribution in [2.24, 2.45) is 62.6 Å². The number of methoxy groups -OCH3 is 1. The average molecular weight is 582 g/mol. The van der Waals surface area contributed by atoms with Crippen LogP contribution in [-0.2, 0) is 19.1 Å². The van der Waals surface area contributed by atoms with Gasteiger partial charge in [0.25, 0.3) is 0 Å². The van der Waals surface area contributed by atoms with Gasteiger partial charge in [-0.3, -0.25) is 9.59 Å². The maximum absolute atomic E-state index is 14.5. The van der Waals surface area contributed by atoms with Gasteiger partial charge in [-0.25, -0.2) is 4.79 Å². The maximum Gasteiger partial charge on any atom is 0.328 e. The van der Waals surface area contributed by atoms with Gasteiger partial charge in [0.05, 0.1) is 12.5 Å². The summed E-state index contributed by atoms with van der Waals surface area (Å²) in [5.74, 6) is 2.54. The summed E-state index contributed by atoms with van der Waals surface area (Å²) in [6.45, 7) is 23.0. The second-order valence-corrected chi connectivity index (χ2v) is 17.2. The number of amides is 1. The molecule has 5 saturated carbocycles. The fourth-order valence-corrected chi connectivity index (χ4v) is 12.5. The van der Waals surface area contributed by atoms with Crippen LogP contribution in [0.2, 0.25) is 0 Å². The first-order valence-corrected chi connectivity index (χ1v) is 17.1. The Balaban J connectivity index is 1.51. The largest absolute Gasteiger partial charge is 0.467 e. The molecule has 10 atom stereocenters. The monoisotopic (exact) mass is 581 g/mol. The van der Waals surface area contributed by atoms with Gasteiger partial charge < -0.3 is 10.1 Å².